The number of allylic oxidation sites excluding steroid dienone is 2. The predicted octanol–water partition coefficient (Wildman–Crippen LogP) is 4.46. The molecule has 0 amide bonds. The Balaban J connectivity index is 2.13. The quantitative estimate of drug-likeness (QED) is 0.0613. The molecule has 0 aliphatic carbocycles. The first kappa shape index (κ1) is 38.9. The molecular formula is C32H60O10. The van der Waals surface area contributed by atoms with E-state index in [1.165, 1.54) is 57.8 Å². The average molecular weight is 605 g/mol. The number of hydrogen-bond donors (Lipinski definition) is 3. The highest BCUT2D eigenvalue weighted by Crippen LogP contribution is 2.28. The van der Waals surface area contributed by atoms with Crippen molar-refractivity contribution in [3.63, 3.8) is 0 Å². The molecule has 3 N–H and O–H groups in total. The van der Waals surface area contributed by atoms with Gasteiger partial charge in [0.1, 0.15) is 18.8 Å². The van der Waals surface area contributed by atoms with E-state index < -0.39 is 24.6 Å². The summed E-state index contributed by atoms with van der Waals surface area (Å²) in [5, 5.41) is 27.4. The van der Waals surface area contributed by atoms with Crippen molar-refractivity contribution in [1.29, 1.82) is 0 Å². The van der Waals surface area contributed by atoms with Gasteiger partial charge in [-0.3, -0.25) is 4.79 Å². The first-order valence-corrected chi connectivity index (χ1v) is 16.4. The first-order chi connectivity index (χ1) is 20.7. The van der Waals surface area contributed by atoms with Crippen molar-refractivity contribution >= 4 is 5.97 Å². The maximum Gasteiger partial charge on any atom is 0.305 e. The van der Waals surface area contributed by atoms with Gasteiger partial charge in [0.2, 0.25) is 0 Å². The van der Waals surface area contributed by atoms with Crippen LogP contribution in [0.25, 0.3) is 0 Å². The van der Waals surface area contributed by atoms with E-state index in [9.17, 15) is 9.90 Å². The van der Waals surface area contributed by atoms with E-state index in [0.29, 0.717) is 12.8 Å². The Labute approximate surface area is 254 Å². The predicted molar refractivity (Wildman–Crippen MR) is 161 cm³/mol. The highest BCUT2D eigenvalue weighted by atomic mass is 16.7. The lowest BCUT2D eigenvalue weighted by atomic mass is 10.1. The summed E-state index contributed by atoms with van der Waals surface area (Å²) < 4.78 is 33.9. The first-order valence-electron chi connectivity index (χ1n) is 16.4. The summed E-state index contributed by atoms with van der Waals surface area (Å²) in [6.07, 6.45) is 19.2. The van der Waals surface area contributed by atoms with Crippen LogP contribution in [0.4, 0.5) is 0 Å². The molecule has 1 aliphatic heterocycles. The van der Waals surface area contributed by atoms with Gasteiger partial charge in [0.25, 0.3) is 0 Å². The fourth-order valence-electron chi connectivity index (χ4n) is 4.90. The lowest BCUT2D eigenvalue weighted by Crippen LogP contribution is -2.42. The molecule has 0 spiro atoms. The van der Waals surface area contributed by atoms with Gasteiger partial charge in [-0.25, -0.2) is 0 Å². The lowest BCUT2D eigenvalue weighted by Gasteiger charge is -2.27. The van der Waals surface area contributed by atoms with E-state index in [2.05, 4.69) is 19.1 Å². The largest absolute Gasteiger partial charge is 0.463 e. The number of aliphatic hydroxyl groups excluding tert-OH is 3. The zero-order valence-corrected chi connectivity index (χ0v) is 26.1. The van der Waals surface area contributed by atoms with E-state index in [1.54, 1.807) is 0 Å². The molecule has 0 radical (unpaired) electrons. The SMILES string of the molecule is CCCCCCCCC=CCCCCCCCC(=O)OCCOCC(OCCO)C1OC(OCCO)CC1OCCO. The third-order valence-corrected chi connectivity index (χ3v) is 7.12. The van der Waals surface area contributed by atoms with Crippen molar-refractivity contribution in [3.8, 4) is 0 Å². The van der Waals surface area contributed by atoms with E-state index in [4.69, 9.17) is 38.6 Å². The number of esters is 1. The number of ether oxygens (including phenoxy) is 6. The molecular weight excluding hydrogens is 544 g/mol. The van der Waals surface area contributed by atoms with E-state index in [-0.39, 0.29) is 65.4 Å². The molecule has 1 saturated heterocycles. The second-order valence-corrected chi connectivity index (χ2v) is 10.8. The van der Waals surface area contributed by atoms with E-state index in [0.717, 1.165) is 25.7 Å². The van der Waals surface area contributed by atoms with Crippen LogP contribution >= 0.6 is 0 Å². The van der Waals surface area contributed by atoms with E-state index in [1.807, 2.05) is 0 Å². The third-order valence-electron chi connectivity index (χ3n) is 7.12. The minimum absolute atomic E-state index is 0.0910. The Bertz CT molecular complexity index is 632. The van der Waals surface area contributed by atoms with Crippen LogP contribution < -0.4 is 0 Å². The third kappa shape index (κ3) is 20.7. The highest BCUT2D eigenvalue weighted by molar-refractivity contribution is 5.69. The number of hydrogen-bond acceptors (Lipinski definition) is 10. The van der Waals surface area contributed by atoms with Gasteiger partial charge in [-0.1, -0.05) is 70.4 Å². The Hall–Kier alpha value is -1.11. The molecule has 4 atom stereocenters. The lowest BCUT2D eigenvalue weighted by molar-refractivity contribution is -0.183. The summed E-state index contributed by atoms with van der Waals surface area (Å²) in [7, 11) is 0. The molecule has 0 aromatic carbocycles. The normalized spacial score (nSPS) is 19.6. The maximum atomic E-state index is 12.1. The van der Waals surface area contributed by atoms with Crippen molar-refractivity contribution in [1.82, 2.24) is 0 Å². The zero-order valence-electron chi connectivity index (χ0n) is 26.1. The molecule has 42 heavy (non-hydrogen) atoms. The topological polar surface area (TPSA) is 133 Å². The molecule has 10 heteroatoms. The molecule has 0 aromatic rings. The van der Waals surface area contributed by atoms with Gasteiger partial charge in [0.05, 0.1) is 59.0 Å². The Kier molecular flexibility index (Phi) is 26.5. The zero-order chi connectivity index (χ0) is 30.5. The molecule has 1 rings (SSSR count). The molecule has 0 saturated carbocycles. The Morgan fingerprint density at radius 1 is 0.786 bits per heavy atom. The minimum atomic E-state index is -0.580. The Morgan fingerprint density at radius 2 is 1.40 bits per heavy atom. The summed E-state index contributed by atoms with van der Waals surface area (Å²) in [6, 6.07) is 0. The molecule has 0 aromatic heterocycles. The molecule has 1 heterocycles. The molecule has 1 aliphatic rings. The smallest absolute Gasteiger partial charge is 0.305 e. The summed E-state index contributed by atoms with van der Waals surface area (Å²) in [5.74, 6) is -0.218. The molecule has 1 fully saturated rings. The van der Waals surface area contributed by atoms with Crippen LogP contribution in [-0.2, 0) is 33.2 Å². The fourth-order valence-corrected chi connectivity index (χ4v) is 4.90. The molecule has 0 bridgehead atoms. The van der Waals surface area contributed by atoms with Crippen LogP contribution in [0.5, 0.6) is 0 Å². The van der Waals surface area contributed by atoms with E-state index >= 15 is 0 Å². The van der Waals surface area contributed by atoms with Gasteiger partial charge in [0, 0.05) is 12.8 Å². The summed E-state index contributed by atoms with van der Waals surface area (Å²) in [5.41, 5.74) is 0. The fraction of sp³-hybridized carbons (Fsp3) is 0.906. The van der Waals surface area contributed by atoms with Gasteiger partial charge in [0.15, 0.2) is 6.29 Å². The average Bonchev–Trinajstić information content (AvgIpc) is 3.40. The van der Waals surface area contributed by atoms with Crippen LogP contribution in [0, 0.1) is 0 Å². The number of rotatable bonds is 30. The van der Waals surface area contributed by atoms with Crippen molar-refractivity contribution in [3.05, 3.63) is 12.2 Å². The standard InChI is InChI=1S/C32H60O10/c1-2-3-4-5-6-7-8-9-10-11-12-13-14-15-16-17-30(36)40-25-24-37-27-29(39-22-19-34)32-28(38-21-18-33)26-31(42-32)41-23-20-35/h9-10,28-29,31-35H,2-8,11-27H2,1H3. The van der Waals surface area contributed by atoms with Crippen LogP contribution in [0.1, 0.15) is 103 Å². The van der Waals surface area contributed by atoms with Gasteiger partial charge in [-0.05, 0) is 32.1 Å². The van der Waals surface area contributed by atoms with Crippen LogP contribution in [0.2, 0.25) is 0 Å². The number of aliphatic hydroxyl groups is 3. The summed E-state index contributed by atoms with van der Waals surface area (Å²) >= 11 is 0. The minimum Gasteiger partial charge on any atom is -0.463 e. The van der Waals surface area contributed by atoms with Crippen molar-refractivity contribution in [2.75, 3.05) is 59.5 Å². The second kappa shape index (κ2) is 28.6. The summed E-state index contributed by atoms with van der Waals surface area (Å²) in [6.45, 7) is 2.68. The van der Waals surface area contributed by atoms with Crippen molar-refractivity contribution in [2.45, 2.75) is 128 Å². The van der Waals surface area contributed by atoms with Gasteiger partial charge in [-0.2, -0.15) is 0 Å². The molecule has 4 unspecified atom stereocenters. The number of unbranched alkanes of at least 4 members (excludes halogenated alkanes) is 11. The Morgan fingerprint density at radius 3 is 2.07 bits per heavy atom. The molecule has 10 nitrogen and oxygen atoms in total. The van der Waals surface area contributed by atoms with Gasteiger partial charge < -0.3 is 43.7 Å². The number of carbonyl (C=O) groups excluding carboxylic acids is 1. The highest BCUT2D eigenvalue weighted by Gasteiger charge is 2.42. The van der Waals surface area contributed by atoms with Crippen molar-refractivity contribution < 1.29 is 48.5 Å². The maximum absolute atomic E-state index is 12.1. The number of carbonyl (C=O) groups is 1. The summed E-state index contributed by atoms with van der Waals surface area (Å²) in [4.78, 5) is 12.1. The van der Waals surface area contributed by atoms with Crippen molar-refractivity contribution in [2.24, 2.45) is 0 Å². The van der Waals surface area contributed by atoms with Gasteiger partial charge >= 0.3 is 5.97 Å². The second-order valence-electron chi connectivity index (χ2n) is 10.8. The van der Waals surface area contributed by atoms with Gasteiger partial charge in [-0.15, -0.1) is 0 Å². The molecule has 248 valence electrons. The van der Waals surface area contributed by atoms with Crippen LogP contribution in [0.15, 0.2) is 12.2 Å². The van der Waals surface area contributed by atoms with Crippen LogP contribution in [0.3, 0.4) is 0 Å². The monoisotopic (exact) mass is 604 g/mol. The van der Waals surface area contributed by atoms with Crippen LogP contribution in [-0.4, -0.2) is 105 Å².